The molecule has 1 amide bonds. The van der Waals surface area contributed by atoms with E-state index in [0.29, 0.717) is 16.8 Å². The molecule has 10 heteroatoms. The third kappa shape index (κ3) is 5.72. The highest BCUT2D eigenvalue weighted by Crippen LogP contribution is 2.40. The quantitative estimate of drug-likeness (QED) is 0.620. The van der Waals surface area contributed by atoms with Crippen LogP contribution < -0.4 is 5.32 Å². The molecule has 2 atom stereocenters. The lowest BCUT2D eigenvalue weighted by Gasteiger charge is -2.24. The molecule has 1 fully saturated rings. The molecule has 1 aliphatic rings. The predicted molar refractivity (Wildman–Crippen MR) is 117 cm³/mol. The molecule has 1 aromatic carbocycles. The molecule has 0 aliphatic heterocycles. The lowest BCUT2D eigenvalue weighted by atomic mass is 9.82. The molecule has 2 aromatic rings. The topological polar surface area (TPSA) is 112 Å². The van der Waals surface area contributed by atoms with Gasteiger partial charge in [-0.15, -0.1) is 0 Å². The summed E-state index contributed by atoms with van der Waals surface area (Å²) in [5.41, 5.74) is 0.859. The van der Waals surface area contributed by atoms with E-state index >= 15 is 0 Å². The minimum Gasteiger partial charge on any atom is -0.610 e. The van der Waals surface area contributed by atoms with Gasteiger partial charge in [-0.2, -0.15) is 0 Å². The van der Waals surface area contributed by atoms with E-state index in [1.807, 2.05) is 0 Å². The van der Waals surface area contributed by atoms with Gasteiger partial charge < -0.3 is 9.87 Å². The van der Waals surface area contributed by atoms with Gasteiger partial charge in [-0.25, -0.2) is 18.4 Å². The van der Waals surface area contributed by atoms with Gasteiger partial charge in [0.2, 0.25) is 5.91 Å². The average molecular weight is 470 g/mol. The van der Waals surface area contributed by atoms with Gasteiger partial charge in [0.05, 0.1) is 16.1 Å². The van der Waals surface area contributed by atoms with Crippen LogP contribution in [-0.2, 0) is 25.8 Å². The Kier molecular flexibility index (Phi) is 7.38. The third-order valence-corrected chi connectivity index (χ3v) is 7.73. The van der Waals surface area contributed by atoms with Gasteiger partial charge in [0.25, 0.3) is 5.03 Å². The zero-order valence-corrected chi connectivity index (χ0v) is 19.2. The van der Waals surface area contributed by atoms with Crippen molar-refractivity contribution in [2.45, 2.75) is 47.9 Å². The second-order valence-corrected chi connectivity index (χ2v) is 11.3. The minimum atomic E-state index is -3.42. The Morgan fingerprint density at radius 1 is 1.30 bits per heavy atom. The van der Waals surface area contributed by atoms with Crippen LogP contribution in [0.1, 0.15) is 43.6 Å². The molecule has 1 N–H and O–H groups in total. The molecule has 1 saturated carbocycles. The Morgan fingerprint density at radius 3 is 2.53 bits per heavy atom. The second-order valence-electron chi connectivity index (χ2n) is 7.56. The summed E-state index contributed by atoms with van der Waals surface area (Å²) < 4.78 is 35.1. The number of carbonyl (C=O) groups excluding carboxylic acids is 1. The van der Waals surface area contributed by atoms with E-state index in [4.69, 9.17) is 11.6 Å². The van der Waals surface area contributed by atoms with E-state index in [-0.39, 0.29) is 28.2 Å². The maximum atomic E-state index is 12.7. The van der Waals surface area contributed by atoms with Crippen molar-refractivity contribution in [1.82, 2.24) is 9.97 Å². The lowest BCUT2D eigenvalue weighted by molar-refractivity contribution is -0.116. The third-order valence-electron chi connectivity index (χ3n) is 5.35. The number of nitrogens with one attached hydrogen (secondary N) is 1. The van der Waals surface area contributed by atoms with Gasteiger partial charge in [-0.3, -0.25) is 4.79 Å². The number of sulfone groups is 1. The molecule has 0 bridgehead atoms. The van der Waals surface area contributed by atoms with E-state index in [9.17, 15) is 17.8 Å². The van der Waals surface area contributed by atoms with Gasteiger partial charge in [0.15, 0.2) is 15.7 Å². The van der Waals surface area contributed by atoms with Crippen molar-refractivity contribution in [3.05, 3.63) is 41.2 Å². The fraction of sp³-hybridized carbons (Fsp3) is 0.450. The molecule has 1 aliphatic carbocycles. The van der Waals surface area contributed by atoms with E-state index in [0.717, 1.165) is 37.5 Å². The van der Waals surface area contributed by atoms with Gasteiger partial charge in [0.1, 0.15) is 12.5 Å². The molecule has 7 nitrogen and oxygen atoms in total. The van der Waals surface area contributed by atoms with Crippen LogP contribution in [0, 0.1) is 5.92 Å². The minimum absolute atomic E-state index is 0.0750. The normalized spacial score (nSPS) is 16.9. The lowest BCUT2D eigenvalue weighted by Crippen LogP contribution is -2.21. The van der Waals surface area contributed by atoms with Gasteiger partial charge in [-0.05, 0) is 42.4 Å². The Balaban J connectivity index is 1.79. The van der Waals surface area contributed by atoms with Crippen LogP contribution in [0.2, 0.25) is 5.02 Å². The molecule has 1 unspecified atom stereocenters. The average Bonchev–Trinajstić information content (AvgIpc) is 3.20. The smallest absolute Gasteiger partial charge is 0.262 e. The summed E-state index contributed by atoms with van der Waals surface area (Å²) in [6, 6.07) is 4.94. The highest BCUT2D eigenvalue weighted by atomic mass is 35.5. The number of amides is 1. The van der Waals surface area contributed by atoms with Crippen molar-refractivity contribution in [2.75, 3.05) is 17.8 Å². The number of halogens is 1. The molecular weight excluding hydrogens is 446 g/mol. The van der Waals surface area contributed by atoms with Crippen LogP contribution >= 0.6 is 11.6 Å². The number of anilines is 1. The fourth-order valence-corrected chi connectivity index (χ4v) is 5.63. The zero-order chi connectivity index (χ0) is 21.9. The summed E-state index contributed by atoms with van der Waals surface area (Å²) in [6.07, 6.45) is 9.87. The Morgan fingerprint density at radius 2 is 2.00 bits per heavy atom. The molecule has 30 heavy (non-hydrogen) atoms. The summed E-state index contributed by atoms with van der Waals surface area (Å²) >= 11 is 5.01. The summed E-state index contributed by atoms with van der Waals surface area (Å²) in [4.78, 5) is 20.9. The molecule has 1 aromatic heterocycles. The van der Waals surface area contributed by atoms with Gasteiger partial charge in [0, 0.05) is 23.9 Å². The standard InChI is InChI=1S/C20H24ClN3O4S2/c1-29(26)20-12-22-18(11-23-20)24-19(25)10-15(13-5-3-4-6-13)14-7-8-17(16(21)9-14)30(2,27)28/h7-9,11-13,15H,3-6,10H2,1-2H3,(H,22,24,25)/t15-,29?/m1/s1. The molecule has 0 radical (unpaired) electrons. The van der Waals surface area contributed by atoms with E-state index in [1.165, 1.54) is 24.7 Å². The van der Waals surface area contributed by atoms with Gasteiger partial charge in [-0.1, -0.05) is 30.5 Å². The number of carbonyl (C=O) groups is 1. The molecule has 162 valence electrons. The SMILES string of the molecule is C[S+]([O-])c1cnc(NC(=O)C[C@@H](c2ccc(S(C)(=O)=O)c(Cl)c2)C2CCCC2)cn1. The first-order chi connectivity index (χ1) is 14.1. The fourth-order valence-electron chi connectivity index (χ4n) is 3.89. The van der Waals surface area contributed by atoms with Crippen LogP contribution in [0.5, 0.6) is 0 Å². The second kappa shape index (κ2) is 9.64. The number of hydrogen-bond acceptors (Lipinski definition) is 6. The Hall–Kier alpha value is -1.68. The van der Waals surface area contributed by atoms with Crippen molar-refractivity contribution >= 4 is 44.3 Å². The summed E-state index contributed by atoms with van der Waals surface area (Å²) in [7, 11) is -3.42. The van der Waals surface area contributed by atoms with Crippen LogP contribution in [0.15, 0.2) is 40.5 Å². The first-order valence-corrected chi connectivity index (χ1v) is 13.4. The monoisotopic (exact) mass is 469 g/mol. The van der Waals surface area contributed by atoms with Crippen molar-refractivity contribution in [3.8, 4) is 0 Å². The summed E-state index contributed by atoms with van der Waals surface area (Å²) in [5, 5.41) is 3.26. The highest BCUT2D eigenvalue weighted by molar-refractivity contribution is 7.91. The first-order valence-electron chi connectivity index (χ1n) is 9.60. The number of rotatable bonds is 7. The molecule has 0 saturated heterocycles. The van der Waals surface area contributed by atoms with Crippen LogP contribution in [0.4, 0.5) is 5.82 Å². The maximum Gasteiger partial charge on any atom is 0.262 e. The van der Waals surface area contributed by atoms with Crippen molar-refractivity contribution in [1.29, 1.82) is 0 Å². The Bertz CT molecular complexity index is 1010. The largest absolute Gasteiger partial charge is 0.610 e. The first kappa shape index (κ1) is 23.0. The van der Waals surface area contributed by atoms with E-state index in [2.05, 4.69) is 15.3 Å². The summed E-state index contributed by atoms with van der Waals surface area (Å²) in [5.74, 6) is 0.334. The molecule has 1 heterocycles. The van der Waals surface area contributed by atoms with Crippen LogP contribution in [0.3, 0.4) is 0 Å². The molecular formula is C20H24ClN3O4S2. The van der Waals surface area contributed by atoms with E-state index < -0.39 is 21.0 Å². The van der Waals surface area contributed by atoms with Crippen LogP contribution in [0.25, 0.3) is 0 Å². The number of nitrogens with zero attached hydrogens (tertiary/aromatic N) is 2. The summed E-state index contributed by atoms with van der Waals surface area (Å²) in [6.45, 7) is 0. The molecule has 3 rings (SSSR count). The number of aromatic nitrogens is 2. The highest BCUT2D eigenvalue weighted by Gasteiger charge is 2.29. The van der Waals surface area contributed by atoms with Gasteiger partial charge >= 0.3 is 0 Å². The number of benzene rings is 1. The molecule has 0 spiro atoms. The van der Waals surface area contributed by atoms with Crippen molar-refractivity contribution < 1.29 is 17.8 Å². The zero-order valence-electron chi connectivity index (χ0n) is 16.8. The van der Waals surface area contributed by atoms with Crippen LogP contribution in [-0.4, -0.2) is 41.4 Å². The number of hydrogen-bond donors (Lipinski definition) is 1. The van der Waals surface area contributed by atoms with E-state index in [1.54, 1.807) is 12.1 Å². The van der Waals surface area contributed by atoms with Crippen molar-refractivity contribution in [3.63, 3.8) is 0 Å². The van der Waals surface area contributed by atoms with Crippen molar-refractivity contribution in [2.24, 2.45) is 5.92 Å². The maximum absolute atomic E-state index is 12.7. The Labute approximate surface area is 184 Å². The predicted octanol–water partition coefficient (Wildman–Crippen LogP) is 3.57.